The number of halogens is 3. The second-order valence-corrected chi connectivity index (χ2v) is 3.41. The smallest absolute Gasteiger partial charge is 0.0607 e. The molecule has 0 aromatic heterocycles. The summed E-state index contributed by atoms with van der Waals surface area (Å²) in [5, 5.41) is 1.53. The molecule has 0 atom stereocenters. The Bertz CT molecular complexity index is 316. The van der Waals surface area contributed by atoms with Crippen LogP contribution >= 0.6 is 34.8 Å². The van der Waals surface area contributed by atoms with Crippen LogP contribution in [-0.2, 0) is 0 Å². The quantitative estimate of drug-likeness (QED) is 0.612. The highest BCUT2D eigenvalue weighted by atomic mass is 35.5. The summed E-state index contributed by atoms with van der Waals surface area (Å²) in [4.78, 5) is 0. The minimum Gasteiger partial charge on any atom is -0.0836 e. The molecule has 1 aromatic rings. The Kier molecular flexibility index (Phi) is 3.45. The van der Waals surface area contributed by atoms with Crippen molar-refractivity contribution < 1.29 is 0 Å². The van der Waals surface area contributed by atoms with Gasteiger partial charge in [0.1, 0.15) is 0 Å². The second-order valence-electron chi connectivity index (χ2n) is 2.19. The van der Waals surface area contributed by atoms with Gasteiger partial charge in [-0.25, -0.2) is 0 Å². The average Bonchev–Trinajstić information content (AvgIpc) is 2.01. The van der Waals surface area contributed by atoms with Crippen LogP contribution in [0.25, 0.3) is 6.08 Å². The van der Waals surface area contributed by atoms with Gasteiger partial charge in [0, 0.05) is 5.02 Å². The summed E-state index contributed by atoms with van der Waals surface area (Å²) in [7, 11) is 0. The van der Waals surface area contributed by atoms with Crippen molar-refractivity contribution in [3.63, 3.8) is 0 Å². The maximum absolute atomic E-state index is 5.86. The van der Waals surface area contributed by atoms with E-state index in [0.717, 1.165) is 5.56 Å². The standard InChI is InChI=1S/C9H6Cl3/c1-2-3-6-4-8(11)9(12)5-7(6)10/h2-5H,1H2. The highest BCUT2D eigenvalue weighted by molar-refractivity contribution is 6.43. The van der Waals surface area contributed by atoms with E-state index in [1.807, 2.05) is 0 Å². The molecule has 1 radical (unpaired) electrons. The van der Waals surface area contributed by atoms with Crippen molar-refractivity contribution in [3.8, 4) is 0 Å². The number of allylic oxidation sites excluding steroid dienone is 1. The van der Waals surface area contributed by atoms with Crippen LogP contribution in [-0.4, -0.2) is 0 Å². The molecule has 63 valence electrons. The number of hydrogen-bond acceptors (Lipinski definition) is 0. The average molecular weight is 221 g/mol. The van der Waals surface area contributed by atoms with Crippen molar-refractivity contribution in [2.24, 2.45) is 0 Å². The number of benzene rings is 1. The minimum atomic E-state index is 0.461. The fraction of sp³-hybridized carbons (Fsp3) is 0. The summed E-state index contributed by atoms with van der Waals surface area (Å²) in [6.07, 6.45) is 3.41. The third-order valence-corrected chi connectivity index (χ3v) is 2.39. The van der Waals surface area contributed by atoms with Gasteiger partial charge in [-0.1, -0.05) is 47.0 Å². The van der Waals surface area contributed by atoms with Gasteiger partial charge in [-0.05, 0) is 24.6 Å². The van der Waals surface area contributed by atoms with Crippen molar-refractivity contribution in [2.75, 3.05) is 0 Å². The Hall–Kier alpha value is -0.170. The Labute approximate surface area is 86.7 Å². The fourth-order valence-corrected chi connectivity index (χ4v) is 1.41. The van der Waals surface area contributed by atoms with Gasteiger partial charge in [0.2, 0.25) is 0 Å². The molecule has 1 rings (SSSR count). The molecule has 3 heteroatoms. The molecule has 0 aliphatic heterocycles. The summed E-state index contributed by atoms with van der Waals surface area (Å²) < 4.78 is 0. The first-order chi connectivity index (χ1) is 5.65. The Morgan fingerprint density at radius 1 is 1.00 bits per heavy atom. The third-order valence-electron chi connectivity index (χ3n) is 1.34. The minimum absolute atomic E-state index is 0.461. The largest absolute Gasteiger partial charge is 0.0836 e. The van der Waals surface area contributed by atoms with Crippen molar-refractivity contribution in [1.29, 1.82) is 0 Å². The van der Waals surface area contributed by atoms with E-state index in [9.17, 15) is 0 Å². The van der Waals surface area contributed by atoms with Crippen LogP contribution in [0.2, 0.25) is 15.1 Å². The molecule has 0 spiro atoms. The molecule has 0 nitrogen and oxygen atoms in total. The van der Waals surface area contributed by atoms with Gasteiger partial charge in [-0.3, -0.25) is 0 Å². The normalized spacial score (nSPS) is 11.0. The van der Waals surface area contributed by atoms with Gasteiger partial charge in [0.05, 0.1) is 10.0 Å². The van der Waals surface area contributed by atoms with Crippen molar-refractivity contribution >= 4 is 40.9 Å². The summed E-state index contributed by atoms with van der Waals surface area (Å²) in [5.74, 6) is 0. The van der Waals surface area contributed by atoms with Gasteiger partial charge >= 0.3 is 0 Å². The lowest BCUT2D eigenvalue weighted by molar-refractivity contribution is 1.65. The van der Waals surface area contributed by atoms with Gasteiger partial charge in [-0.15, -0.1) is 0 Å². The topological polar surface area (TPSA) is 0 Å². The lowest BCUT2D eigenvalue weighted by Crippen LogP contribution is -1.76. The first-order valence-corrected chi connectivity index (χ1v) is 4.39. The molecule has 0 saturated heterocycles. The molecule has 0 fully saturated rings. The van der Waals surface area contributed by atoms with Crippen LogP contribution < -0.4 is 0 Å². The predicted molar refractivity (Wildman–Crippen MR) is 55.9 cm³/mol. The van der Waals surface area contributed by atoms with Crippen LogP contribution in [0.5, 0.6) is 0 Å². The van der Waals surface area contributed by atoms with E-state index in [1.54, 1.807) is 24.3 Å². The van der Waals surface area contributed by atoms with Gasteiger partial charge in [-0.2, -0.15) is 0 Å². The molecule has 0 heterocycles. The zero-order chi connectivity index (χ0) is 9.14. The second kappa shape index (κ2) is 4.18. The van der Waals surface area contributed by atoms with Crippen molar-refractivity contribution in [2.45, 2.75) is 0 Å². The maximum Gasteiger partial charge on any atom is 0.0607 e. The first-order valence-electron chi connectivity index (χ1n) is 3.25. The summed E-state index contributed by atoms with van der Waals surface area (Å²) in [6, 6.07) is 3.31. The molecule has 0 unspecified atom stereocenters. The molecule has 0 bridgehead atoms. The maximum atomic E-state index is 5.86. The fourth-order valence-electron chi connectivity index (χ4n) is 0.793. The Morgan fingerprint density at radius 2 is 1.58 bits per heavy atom. The monoisotopic (exact) mass is 219 g/mol. The molecule has 0 saturated carbocycles. The van der Waals surface area contributed by atoms with E-state index < -0.39 is 0 Å². The van der Waals surface area contributed by atoms with Crippen LogP contribution in [0.4, 0.5) is 0 Å². The lowest BCUT2D eigenvalue weighted by Gasteiger charge is -2.00. The first kappa shape index (κ1) is 9.91. The summed E-state index contributed by atoms with van der Waals surface area (Å²) in [5.41, 5.74) is 0.820. The van der Waals surface area contributed by atoms with Crippen LogP contribution in [0.15, 0.2) is 18.2 Å². The van der Waals surface area contributed by atoms with Crippen LogP contribution in [0, 0.1) is 6.92 Å². The molecule has 12 heavy (non-hydrogen) atoms. The van der Waals surface area contributed by atoms with E-state index in [-0.39, 0.29) is 0 Å². The van der Waals surface area contributed by atoms with Gasteiger partial charge in [0.25, 0.3) is 0 Å². The van der Waals surface area contributed by atoms with E-state index in [2.05, 4.69) is 6.92 Å². The van der Waals surface area contributed by atoms with Crippen molar-refractivity contribution in [3.05, 3.63) is 45.8 Å². The molecule has 0 N–H and O–H groups in total. The van der Waals surface area contributed by atoms with Gasteiger partial charge < -0.3 is 0 Å². The highest BCUT2D eigenvalue weighted by Gasteiger charge is 2.02. The van der Waals surface area contributed by atoms with E-state index in [1.165, 1.54) is 0 Å². The number of hydrogen-bond donors (Lipinski definition) is 0. The zero-order valence-electron chi connectivity index (χ0n) is 6.15. The van der Waals surface area contributed by atoms with Crippen LogP contribution in [0.1, 0.15) is 5.56 Å². The molecule has 0 amide bonds. The summed E-state index contributed by atoms with van der Waals surface area (Å²) in [6.45, 7) is 3.56. The third kappa shape index (κ3) is 2.16. The lowest BCUT2D eigenvalue weighted by atomic mass is 10.2. The predicted octanol–water partition coefficient (Wildman–Crippen LogP) is 4.49. The highest BCUT2D eigenvalue weighted by Crippen LogP contribution is 2.29. The summed E-state index contributed by atoms with van der Waals surface area (Å²) >= 11 is 17.4. The molecule has 0 aliphatic carbocycles. The van der Waals surface area contributed by atoms with Crippen LogP contribution in [0.3, 0.4) is 0 Å². The molecule has 1 aromatic carbocycles. The van der Waals surface area contributed by atoms with Crippen molar-refractivity contribution in [1.82, 2.24) is 0 Å². The Balaban J connectivity index is 3.23. The van der Waals surface area contributed by atoms with Gasteiger partial charge in [0.15, 0.2) is 0 Å². The molecular weight excluding hydrogens is 214 g/mol. The zero-order valence-corrected chi connectivity index (χ0v) is 8.42. The molecule has 0 aliphatic rings. The SMILES string of the molecule is [CH2]C=Cc1cc(Cl)c(Cl)cc1Cl. The molecular formula is C9H6Cl3. The number of rotatable bonds is 1. The Morgan fingerprint density at radius 3 is 2.17 bits per heavy atom. The van der Waals surface area contributed by atoms with E-state index in [4.69, 9.17) is 34.8 Å². The van der Waals surface area contributed by atoms with E-state index in [0.29, 0.717) is 15.1 Å². The van der Waals surface area contributed by atoms with E-state index >= 15 is 0 Å².